The van der Waals surface area contributed by atoms with Crippen molar-refractivity contribution >= 4 is 12.4 Å². The zero-order valence-electron chi connectivity index (χ0n) is 11.2. The first-order valence-electron chi connectivity index (χ1n) is 6.87. The molecule has 1 aliphatic heterocycles. The minimum Gasteiger partial charge on any atom is -0.303 e. The van der Waals surface area contributed by atoms with Gasteiger partial charge in [-0.1, -0.05) is 27.2 Å². The van der Waals surface area contributed by atoms with Gasteiger partial charge >= 0.3 is 0 Å². The maximum atomic E-state index is 2.66. The van der Waals surface area contributed by atoms with Crippen LogP contribution in [0.5, 0.6) is 0 Å². The van der Waals surface area contributed by atoms with Gasteiger partial charge in [0.15, 0.2) is 0 Å². The van der Waals surface area contributed by atoms with Gasteiger partial charge in [0.2, 0.25) is 0 Å². The zero-order chi connectivity index (χ0) is 10.9. The lowest BCUT2D eigenvalue weighted by atomic mass is 9.53. The fourth-order valence-electron chi connectivity index (χ4n) is 3.65. The summed E-state index contributed by atoms with van der Waals surface area (Å²) in [6.45, 7) is 11.4. The summed E-state index contributed by atoms with van der Waals surface area (Å²) in [5.41, 5.74) is 0.633. The summed E-state index contributed by atoms with van der Waals surface area (Å²) in [7, 11) is 0. The monoisotopic (exact) mass is 245 g/mol. The molecule has 0 aromatic carbocycles. The van der Waals surface area contributed by atoms with E-state index in [-0.39, 0.29) is 12.4 Å². The molecule has 16 heavy (non-hydrogen) atoms. The van der Waals surface area contributed by atoms with Gasteiger partial charge in [-0.2, -0.15) is 0 Å². The van der Waals surface area contributed by atoms with Gasteiger partial charge in [0.25, 0.3) is 0 Å². The molecule has 2 aliphatic rings. The first-order chi connectivity index (χ1) is 7.14. The molecule has 0 aromatic rings. The normalized spacial score (nSPS) is 33.2. The fraction of sp³-hybridized carbons (Fsp3) is 1.00. The Morgan fingerprint density at radius 3 is 2.25 bits per heavy atom. The lowest BCUT2D eigenvalue weighted by Gasteiger charge is -2.53. The average Bonchev–Trinajstić information content (AvgIpc) is 2.69. The minimum absolute atomic E-state index is 0. The molecule has 0 spiro atoms. The number of hydrogen-bond donors (Lipinski definition) is 0. The Morgan fingerprint density at radius 1 is 1.12 bits per heavy atom. The minimum atomic E-state index is 0. The molecule has 0 aromatic heterocycles. The lowest BCUT2D eigenvalue weighted by Crippen LogP contribution is -2.45. The maximum absolute atomic E-state index is 2.66. The van der Waals surface area contributed by atoms with E-state index in [9.17, 15) is 0 Å². The molecule has 2 unspecified atom stereocenters. The van der Waals surface area contributed by atoms with Crippen molar-refractivity contribution in [2.45, 2.75) is 52.9 Å². The van der Waals surface area contributed by atoms with Crippen LogP contribution in [0.25, 0.3) is 0 Å². The molecule has 0 amide bonds. The third-order valence-corrected chi connectivity index (χ3v) is 5.16. The van der Waals surface area contributed by atoms with E-state index in [2.05, 4.69) is 25.7 Å². The summed E-state index contributed by atoms with van der Waals surface area (Å²) in [5.74, 6) is 2.00. The standard InChI is InChI=1S/C14H27N.ClH/c1-4-12-11-13(14(12,2)3)7-10-15-8-5-6-9-15;/h12-13H,4-11H2,1-3H3;1H. The molecule has 96 valence electrons. The second-order valence-electron chi connectivity index (χ2n) is 6.20. The third-order valence-electron chi connectivity index (χ3n) is 5.16. The highest BCUT2D eigenvalue weighted by Crippen LogP contribution is 2.54. The Labute approximate surface area is 107 Å². The topological polar surface area (TPSA) is 3.24 Å². The Morgan fingerprint density at radius 2 is 1.75 bits per heavy atom. The van der Waals surface area contributed by atoms with E-state index in [0.29, 0.717) is 5.41 Å². The van der Waals surface area contributed by atoms with E-state index in [1.54, 1.807) is 0 Å². The Kier molecular flexibility index (Phi) is 5.12. The molecule has 1 nitrogen and oxygen atoms in total. The summed E-state index contributed by atoms with van der Waals surface area (Å²) in [6.07, 6.45) is 7.20. The van der Waals surface area contributed by atoms with Crippen LogP contribution in [-0.4, -0.2) is 24.5 Å². The van der Waals surface area contributed by atoms with Gasteiger partial charge in [-0.3, -0.25) is 0 Å². The molecule has 1 aliphatic carbocycles. The van der Waals surface area contributed by atoms with Gasteiger partial charge in [0.1, 0.15) is 0 Å². The summed E-state index contributed by atoms with van der Waals surface area (Å²) in [6, 6.07) is 0. The van der Waals surface area contributed by atoms with Crippen molar-refractivity contribution < 1.29 is 0 Å². The predicted molar refractivity (Wildman–Crippen MR) is 73.2 cm³/mol. The van der Waals surface area contributed by atoms with Crippen LogP contribution >= 0.6 is 12.4 Å². The van der Waals surface area contributed by atoms with Gasteiger partial charge in [0, 0.05) is 0 Å². The van der Waals surface area contributed by atoms with Crippen LogP contribution in [-0.2, 0) is 0 Å². The van der Waals surface area contributed by atoms with Gasteiger partial charge in [-0.05, 0) is 62.6 Å². The molecule has 2 rings (SSSR count). The van der Waals surface area contributed by atoms with Crippen LogP contribution in [0, 0.1) is 17.3 Å². The first kappa shape index (κ1) is 14.3. The summed E-state index contributed by atoms with van der Waals surface area (Å²) in [4.78, 5) is 2.66. The summed E-state index contributed by atoms with van der Waals surface area (Å²) >= 11 is 0. The first-order valence-corrected chi connectivity index (χ1v) is 6.87. The van der Waals surface area contributed by atoms with Crippen molar-refractivity contribution in [3.63, 3.8) is 0 Å². The highest BCUT2D eigenvalue weighted by Gasteiger charge is 2.46. The van der Waals surface area contributed by atoms with Crippen molar-refractivity contribution in [3.05, 3.63) is 0 Å². The third kappa shape index (κ3) is 2.73. The summed E-state index contributed by atoms with van der Waals surface area (Å²) in [5, 5.41) is 0. The largest absolute Gasteiger partial charge is 0.303 e. The van der Waals surface area contributed by atoms with Crippen LogP contribution in [0.1, 0.15) is 52.9 Å². The molecular formula is C14H28ClN. The maximum Gasteiger partial charge on any atom is -0.00159 e. The van der Waals surface area contributed by atoms with Gasteiger partial charge in [-0.25, -0.2) is 0 Å². The Bertz CT molecular complexity index is 209. The molecule has 1 saturated carbocycles. The molecule has 2 fully saturated rings. The lowest BCUT2D eigenvalue weighted by molar-refractivity contribution is -0.0311. The predicted octanol–water partition coefficient (Wildman–Crippen LogP) is 3.97. The van der Waals surface area contributed by atoms with Gasteiger partial charge in [-0.15, -0.1) is 12.4 Å². The second kappa shape index (κ2) is 5.73. The number of hydrogen-bond acceptors (Lipinski definition) is 1. The van der Waals surface area contributed by atoms with E-state index in [4.69, 9.17) is 0 Å². The van der Waals surface area contributed by atoms with Crippen molar-refractivity contribution in [2.24, 2.45) is 17.3 Å². The number of likely N-dealkylation sites (tertiary alicyclic amines) is 1. The van der Waals surface area contributed by atoms with Crippen LogP contribution in [0.3, 0.4) is 0 Å². The van der Waals surface area contributed by atoms with E-state index in [0.717, 1.165) is 11.8 Å². The number of rotatable bonds is 4. The van der Waals surface area contributed by atoms with Crippen molar-refractivity contribution in [2.75, 3.05) is 19.6 Å². The second-order valence-corrected chi connectivity index (χ2v) is 6.20. The summed E-state index contributed by atoms with van der Waals surface area (Å²) < 4.78 is 0. The van der Waals surface area contributed by atoms with Gasteiger partial charge < -0.3 is 4.90 Å². The van der Waals surface area contributed by atoms with Crippen LogP contribution in [0.2, 0.25) is 0 Å². The molecule has 1 heterocycles. The Balaban J connectivity index is 0.00000128. The highest BCUT2D eigenvalue weighted by molar-refractivity contribution is 5.85. The molecular weight excluding hydrogens is 218 g/mol. The van der Waals surface area contributed by atoms with Crippen molar-refractivity contribution in [1.29, 1.82) is 0 Å². The van der Waals surface area contributed by atoms with Crippen LogP contribution in [0.15, 0.2) is 0 Å². The van der Waals surface area contributed by atoms with Crippen LogP contribution in [0.4, 0.5) is 0 Å². The zero-order valence-corrected chi connectivity index (χ0v) is 12.0. The van der Waals surface area contributed by atoms with Crippen molar-refractivity contribution in [3.8, 4) is 0 Å². The molecule has 0 N–H and O–H groups in total. The van der Waals surface area contributed by atoms with Gasteiger partial charge in [0.05, 0.1) is 0 Å². The smallest absolute Gasteiger partial charge is 0.00159 e. The van der Waals surface area contributed by atoms with Crippen LogP contribution < -0.4 is 0 Å². The quantitative estimate of drug-likeness (QED) is 0.725. The average molecular weight is 246 g/mol. The SMILES string of the molecule is CCC1CC(CCN2CCCC2)C1(C)C.Cl. The Hall–Kier alpha value is 0.250. The van der Waals surface area contributed by atoms with Crippen molar-refractivity contribution in [1.82, 2.24) is 4.90 Å². The molecule has 2 atom stereocenters. The molecule has 0 bridgehead atoms. The fourth-order valence-corrected chi connectivity index (χ4v) is 3.65. The molecule has 0 radical (unpaired) electrons. The number of nitrogens with zero attached hydrogens (tertiary/aromatic N) is 1. The molecule has 2 heteroatoms. The number of halogens is 1. The van der Waals surface area contributed by atoms with E-state index in [1.807, 2.05) is 0 Å². The van der Waals surface area contributed by atoms with E-state index >= 15 is 0 Å². The molecule has 1 saturated heterocycles. The van der Waals surface area contributed by atoms with E-state index < -0.39 is 0 Å². The highest BCUT2D eigenvalue weighted by atomic mass is 35.5. The van der Waals surface area contributed by atoms with E-state index in [1.165, 1.54) is 51.7 Å².